The molecule has 0 spiro atoms. The lowest BCUT2D eigenvalue weighted by Gasteiger charge is -2.33. The Labute approximate surface area is 220 Å². The highest BCUT2D eigenvalue weighted by Gasteiger charge is 2.43. The fourth-order valence-corrected chi connectivity index (χ4v) is 5.69. The Morgan fingerprint density at radius 2 is 2.00 bits per heavy atom. The highest BCUT2D eigenvalue weighted by atomic mass is 35.5. The standard InChI is InChI=1S/C28H29ClFN3O4/c1-28(23-6-5-19(29)13-24(23)30)36-25-4-2-3-22(27(25)37-28)18-7-10-32(11-8-18)16-26-31-14-20(17-34)33(26)15-21-9-12-35-21/h2-6,13-14,17-18,21H,7-12,15-16H2,1H3/t21-,28-/m0/s1. The predicted octanol–water partition coefficient (Wildman–Crippen LogP) is 5.30. The van der Waals surface area contributed by atoms with Gasteiger partial charge in [-0.2, -0.15) is 0 Å². The number of likely N-dealkylation sites (tertiary alicyclic amines) is 1. The first-order valence-corrected chi connectivity index (χ1v) is 13.1. The smallest absolute Gasteiger partial charge is 0.278 e. The lowest BCUT2D eigenvalue weighted by atomic mass is 9.88. The van der Waals surface area contributed by atoms with Gasteiger partial charge in [0.25, 0.3) is 5.79 Å². The van der Waals surface area contributed by atoms with E-state index >= 15 is 0 Å². The molecule has 4 heterocycles. The van der Waals surface area contributed by atoms with Crippen LogP contribution in [0.1, 0.15) is 59.5 Å². The molecule has 0 aliphatic carbocycles. The van der Waals surface area contributed by atoms with Gasteiger partial charge < -0.3 is 18.8 Å². The number of aromatic nitrogens is 2. The molecule has 0 radical (unpaired) electrons. The van der Waals surface area contributed by atoms with Crippen molar-refractivity contribution >= 4 is 17.9 Å². The average molecular weight is 526 g/mol. The van der Waals surface area contributed by atoms with Crippen LogP contribution in [0.3, 0.4) is 0 Å². The van der Waals surface area contributed by atoms with E-state index in [2.05, 4.69) is 16.0 Å². The summed E-state index contributed by atoms with van der Waals surface area (Å²) in [4.78, 5) is 18.4. The number of hydrogen-bond acceptors (Lipinski definition) is 6. The number of ether oxygens (including phenoxy) is 3. The maximum absolute atomic E-state index is 14.7. The molecule has 0 unspecified atom stereocenters. The van der Waals surface area contributed by atoms with Gasteiger partial charge in [0.15, 0.2) is 17.8 Å². The Balaban J connectivity index is 1.14. The molecule has 0 saturated carbocycles. The zero-order chi connectivity index (χ0) is 25.6. The van der Waals surface area contributed by atoms with E-state index in [4.69, 9.17) is 25.8 Å². The van der Waals surface area contributed by atoms with Crippen molar-refractivity contribution in [2.24, 2.45) is 0 Å². The second-order valence-electron chi connectivity index (χ2n) is 10.1. The highest BCUT2D eigenvalue weighted by molar-refractivity contribution is 6.30. The highest BCUT2D eigenvalue weighted by Crippen LogP contribution is 2.49. The number of imidazole rings is 1. The third-order valence-corrected chi connectivity index (χ3v) is 7.93. The number of fused-ring (bicyclic) bond motifs is 1. The molecule has 2 fully saturated rings. The molecule has 2 saturated heterocycles. The molecule has 9 heteroatoms. The van der Waals surface area contributed by atoms with Crippen molar-refractivity contribution in [2.75, 3.05) is 19.7 Å². The molecule has 0 N–H and O–H groups in total. The van der Waals surface area contributed by atoms with Crippen LogP contribution < -0.4 is 9.47 Å². The van der Waals surface area contributed by atoms with Gasteiger partial charge in [0.2, 0.25) is 0 Å². The monoisotopic (exact) mass is 525 g/mol. The first-order valence-electron chi connectivity index (χ1n) is 12.7. The number of rotatable bonds is 7. The van der Waals surface area contributed by atoms with Gasteiger partial charge in [0.05, 0.1) is 31.0 Å². The van der Waals surface area contributed by atoms with E-state index in [0.717, 1.165) is 56.6 Å². The number of hydrogen-bond donors (Lipinski definition) is 0. The molecule has 37 heavy (non-hydrogen) atoms. The van der Waals surface area contributed by atoms with Gasteiger partial charge >= 0.3 is 0 Å². The van der Waals surface area contributed by atoms with Gasteiger partial charge in [-0.25, -0.2) is 9.37 Å². The number of benzene rings is 2. The molecule has 2 aromatic carbocycles. The van der Waals surface area contributed by atoms with E-state index in [1.54, 1.807) is 25.3 Å². The van der Waals surface area contributed by atoms with E-state index in [-0.39, 0.29) is 6.10 Å². The quantitative estimate of drug-likeness (QED) is 0.390. The zero-order valence-electron chi connectivity index (χ0n) is 20.7. The molecule has 3 aromatic rings. The third kappa shape index (κ3) is 4.62. The summed E-state index contributed by atoms with van der Waals surface area (Å²) < 4.78 is 34.7. The summed E-state index contributed by atoms with van der Waals surface area (Å²) in [6, 6.07) is 10.4. The Morgan fingerprint density at radius 1 is 1.19 bits per heavy atom. The third-order valence-electron chi connectivity index (χ3n) is 7.69. The number of halogens is 2. The number of nitrogens with zero attached hydrogens (tertiary/aromatic N) is 3. The second-order valence-corrected chi connectivity index (χ2v) is 10.5. The Morgan fingerprint density at radius 3 is 2.70 bits per heavy atom. The van der Waals surface area contributed by atoms with Gasteiger partial charge in [-0.3, -0.25) is 9.69 Å². The normalized spacial score (nSPS) is 23.7. The summed E-state index contributed by atoms with van der Waals surface area (Å²) in [5.41, 5.74) is 1.99. The van der Waals surface area contributed by atoms with Crippen LogP contribution >= 0.6 is 11.6 Å². The van der Waals surface area contributed by atoms with Crippen LogP contribution in [0.2, 0.25) is 5.02 Å². The topological polar surface area (TPSA) is 65.8 Å². The molecule has 3 aliphatic heterocycles. The molecule has 1 aromatic heterocycles. The van der Waals surface area contributed by atoms with Crippen LogP contribution in [-0.2, 0) is 23.6 Å². The fourth-order valence-electron chi connectivity index (χ4n) is 5.53. The van der Waals surface area contributed by atoms with Crippen molar-refractivity contribution in [1.29, 1.82) is 0 Å². The van der Waals surface area contributed by atoms with Crippen molar-refractivity contribution in [1.82, 2.24) is 14.5 Å². The number of carbonyl (C=O) groups is 1. The summed E-state index contributed by atoms with van der Waals surface area (Å²) in [6.07, 6.45) is 5.57. The van der Waals surface area contributed by atoms with Crippen molar-refractivity contribution in [2.45, 2.75) is 57.1 Å². The summed E-state index contributed by atoms with van der Waals surface area (Å²) in [5.74, 6) is 0.779. The van der Waals surface area contributed by atoms with Crippen molar-refractivity contribution < 1.29 is 23.4 Å². The zero-order valence-corrected chi connectivity index (χ0v) is 21.4. The van der Waals surface area contributed by atoms with Gasteiger partial charge in [-0.05, 0) is 62.5 Å². The first-order chi connectivity index (χ1) is 17.9. The summed E-state index contributed by atoms with van der Waals surface area (Å²) in [6.45, 7) is 5.65. The number of piperidine rings is 1. The molecule has 7 nitrogen and oxygen atoms in total. The minimum Gasteiger partial charge on any atom is -0.444 e. The van der Waals surface area contributed by atoms with E-state index < -0.39 is 11.6 Å². The second kappa shape index (κ2) is 9.74. The minimum absolute atomic E-state index is 0.159. The van der Waals surface area contributed by atoms with E-state index in [0.29, 0.717) is 46.8 Å². The van der Waals surface area contributed by atoms with E-state index in [1.807, 2.05) is 16.7 Å². The van der Waals surface area contributed by atoms with Crippen LogP contribution in [0.25, 0.3) is 0 Å². The maximum atomic E-state index is 14.7. The van der Waals surface area contributed by atoms with Crippen LogP contribution in [-0.4, -0.2) is 46.5 Å². The Bertz CT molecular complexity index is 1320. The van der Waals surface area contributed by atoms with Crippen molar-refractivity contribution in [3.63, 3.8) is 0 Å². The Kier molecular flexibility index (Phi) is 6.42. The number of carbonyl (C=O) groups excluding carboxylic acids is 1. The first kappa shape index (κ1) is 24.4. The largest absolute Gasteiger partial charge is 0.444 e. The summed E-state index contributed by atoms with van der Waals surface area (Å²) in [5, 5.41) is 0.328. The van der Waals surface area contributed by atoms with E-state index in [1.165, 1.54) is 6.07 Å². The van der Waals surface area contributed by atoms with Gasteiger partial charge in [0.1, 0.15) is 17.3 Å². The SMILES string of the molecule is C[C@]1(c2ccc(Cl)cc2F)Oc2cccc(C3CCN(Cc4ncc(C=O)n4C[C@@H]4CCO4)CC3)c2O1. The molecule has 3 aliphatic rings. The van der Waals surface area contributed by atoms with Crippen LogP contribution in [0, 0.1) is 5.82 Å². The fraction of sp³-hybridized carbons (Fsp3) is 0.429. The van der Waals surface area contributed by atoms with Gasteiger partial charge in [0, 0.05) is 24.1 Å². The lowest BCUT2D eigenvalue weighted by molar-refractivity contribution is -0.0712. The predicted molar refractivity (Wildman–Crippen MR) is 136 cm³/mol. The molecular formula is C28H29ClFN3O4. The number of para-hydroxylation sites is 1. The van der Waals surface area contributed by atoms with Crippen LogP contribution in [0.5, 0.6) is 11.5 Å². The van der Waals surface area contributed by atoms with Crippen LogP contribution in [0.15, 0.2) is 42.6 Å². The summed E-state index contributed by atoms with van der Waals surface area (Å²) >= 11 is 5.94. The Hall–Kier alpha value is -2.94. The molecule has 0 bridgehead atoms. The molecule has 6 rings (SSSR count). The van der Waals surface area contributed by atoms with Crippen LogP contribution in [0.4, 0.5) is 4.39 Å². The lowest BCUT2D eigenvalue weighted by Crippen LogP contribution is -2.36. The maximum Gasteiger partial charge on any atom is 0.278 e. The molecular weight excluding hydrogens is 497 g/mol. The molecule has 2 atom stereocenters. The molecule has 194 valence electrons. The average Bonchev–Trinajstić information content (AvgIpc) is 3.41. The van der Waals surface area contributed by atoms with Crippen molar-refractivity contribution in [3.8, 4) is 11.5 Å². The van der Waals surface area contributed by atoms with Crippen molar-refractivity contribution in [3.05, 3.63) is 76.1 Å². The van der Waals surface area contributed by atoms with Gasteiger partial charge in [-0.1, -0.05) is 23.7 Å². The number of aldehydes is 1. The van der Waals surface area contributed by atoms with E-state index in [9.17, 15) is 9.18 Å². The molecule has 0 amide bonds. The summed E-state index contributed by atoms with van der Waals surface area (Å²) in [7, 11) is 0. The van der Waals surface area contributed by atoms with Gasteiger partial charge in [-0.15, -0.1) is 0 Å². The minimum atomic E-state index is -1.26.